The van der Waals surface area contributed by atoms with E-state index in [0.29, 0.717) is 6.04 Å². The third-order valence-corrected chi connectivity index (χ3v) is 3.82. The average Bonchev–Trinajstić information content (AvgIpc) is 2.87. The molecule has 3 heteroatoms. The highest BCUT2D eigenvalue weighted by molar-refractivity contribution is 5.21. The summed E-state index contributed by atoms with van der Waals surface area (Å²) < 4.78 is 0. The third kappa shape index (κ3) is 3.55. The van der Waals surface area contributed by atoms with Gasteiger partial charge < -0.3 is 10.4 Å². The molecule has 0 aromatic heterocycles. The fraction of sp³-hybridized carbons (Fsp3) is 0.600. The van der Waals surface area contributed by atoms with Gasteiger partial charge in [-0.25, -0.2) is 0 Å². The molecule has 1 fully saturated rings. The van der Waals surface area contributed by atoms with Crippen LogP contribution in [0.15, 0.2) is 24.3 Å². The Balaban J connectivity index is 1.74. The molecular weight excluding hydrogens is 224 g/mol. The van der Waals surface area contributed by atoms with Crippen LogP contribution in [0.4, 0.5) is 0 Å². The molecule has 2 rings (SSSR count). The number of benzene rings is 1. The van der Waals surface area contributed by atoms with Crippen molar-refractivity contribution in [2.45, 2.75) is 39.0 Å². The summed E-state index contributed by atoms with van der Waals surface area (Å²) in [4.78, 5) is 2.56. The second kappa shape index (κ2) is 6.88. The van der Waals surface area contributed by atoms with Crippen LogP contribution in [0.1, 0.15) is 30.9 Å². The Bertz CT molecular complexity index is 350. The van der Waals surface area contributed by atoms with Gasteiger partial charge in [0, 0.05) is 19.1 Å². The van der Waals surface area contributed by atoms with Gasteiger partial charge in [0.2, 0.25) is 0 Å². The third-order valence-electron chi connectivity index (χ3n) is 3.82. The van der Waals surface area contributed by atoms with E-state index in [-0.39, 0.29) is 6.61 Å². The van der Waals surface area contributed by atoms with E-state index in [1.54, 1.807) is 0 Å². The molecule has 0 aliphatic carbocycles. The van der Waals surface area contributed by atoms with E-state index in [0.717, 1.165) is 25.2 Å². The minimum atomic E-state index is 0.126. The largest absolute Gasteiger partial charge is 0.392 e. The number of likely N-dealkylation sites (tertiary alicyclic amines) is 1. The maximum atomic E-state index is 8.98. The Morgan fingerprint density at radius 3 is 2.67 bits per heavy atom. The van der Waals surface area contributed by atoms with Crippen molar-refractivity contribution in [1.82, 2.24) is 10.2 Å². The maximum absolute atomic E-state index is 8.98. The van der Waals surface area contributed by atoms with Gasteiger partial charge in [0.15, 0.2) is 0 Å². The first-order valence-corrected chi connectivity index (χ1v) is 6.97. The van der Waals surface area contributed by atoms with Crippen LogP contribution in [0.3, 0.4) is 0 Å². The number of nitrogens with one attached hydrogen (secondary N) is 1. The molecule has 1 saturated heterocycles. The SMILES string of the molecule is CCN1CCCC1CNCc1ccc(CO)cc1. The molecule has 0 spiro atoms. The molecule has 1 unspecified atom stereocenters. The van der Waals surface area contributed by atoms with Crippen molar-refractivity contribution in [3.8, 4) is 0 Å². The summed E-state index contributed by atoms with van der Waals surface area (Å²) in [7, 11) is 0. The molecule has 0 radical (unpaired) electrons. The van der Waals surface area contributed by atoms with Crippen LogP contribution in [0.5, 0.6) is 0 Å². The Hall–Kier alpha value is -0.900. The van der Waals surface area contributed by atoms with Gasteiger partial charge in [0.05, 0.1) is 6.61 Å². The van der Waals surface area contributed by atoms with E-state index in [1.807, 2.05) is 12.1 Å². The molecule has 1 aliphatic rings. The zero-order valence-electron chi connectivity index (χ0n) is 11.2. The van der Waals surface area contributed by atoms with Crippen molar-refractivity contribution in [2.24, 2.45) is 0 Å². The quantitative estimate of drug-likeness (QED) is 0.805. The van der Waals surface area contributed by atoms with Gasteiger partial charge in [-0.05, 0) is 37.1 Å². The highest BCUT2D eigenvalue weighted by Gasteiger charge is 2.21. The van der Waals surface area contributed by atoms with Gasteiger partial charge in [-0.15, -0.1) is 0 Å². The number of nitrogens with zero attached hydrogens (tertiary/aromatic N) is 1. The lowest BCUT2D eigenvalue weighted by molar-refractivity contribution is 0.260. The summed E-state index contributed by atoms with van der Waals surface area (Å²) in [5.41, 5.74) is 2.26. The molecule has 1 aliphatic heterocycles. The smallest absolute Gasteiger partial charge is 0.0681 e. The average molecular weight is 248 g/mol. The summed E-state index contributed by atoms with van der Waals surface area (Å²) in [5, 5.41) is 12.5. The fourth-order valence-corrected chi connectivity index (χ4v) is 2.69. The molecular formula is C15H24N2O. The van der Waals surface area contributed by atoms with Crippen LogP contribution in [0.2, 0.25) is 0 Å². The summed E-state index contributed by atoms with van der Waals surface area (Å²) in [6, 6.07) is 8.87. The van der Waals surface area contributed by atoms with Gasteiger partial charge >= 0.3 is 0 Å². The molecule has 0 saturated carbocycles. The fourth-order valence-electron chi connectivity index (χ4n) is 2.69. The second-order valence-electron chi connectivity index (χ2n) is 5.03. The first kappa shape index (κ1) is 13.5. The molecule has 0 amide bonds. The molecule has 1 heterocycles. The number of aliphatic hydroxyl groups is 1. The van der Waals surface area contributed by atoms with E-state index < -0.39 is 0 Å². The van der Waals surface area contributed by atoms with Gasteiger partial charge in [0.1, 0.15) is 0 Å². The number of hydrogen-bond donors (Lipinski definition) is 2. The minimum absolute atomic E-state index is 0.126. The lowest BCUT2D eigenvalue weighted by Crippen LogP contribution is -2.37. The van der Waals surface area contributed by atoms with Gasteiger partial charge in [-0.2, -0.15) is 0 Å². The number of hydrogen-bond acceptors (Lipinski definition) is 3. The summed E-state index contributed by atoms with van der Waals surface area (Å²) in [5.74, 6) is 0. The van der Waals surface area contributed by atoms with Crippen LogP contribution >= 0.6 is 0 Å². The van der Waals surface area contributed by atoms with Crippen LogP contribution in [0, 0.1) is 0 Å². The van der Waals surface area contributed by atoms with E-state index >= 15 is 0 Å². The Morgan fingerprint density at radius 2 is 2.00 bits per heavy atom. The van der Waals surface area contributed by atoms with Crippen molar-refractivity contribution < 1.29 is 5.11 Å². The van der Waals surface area contributed by atoms with Crippen LogP contribution in [-0.4, -0.2) is 35.7 Å². The topological polar surface area (TPSA) is 35.5 Å². The minimum Gasteiger partial charge on any atom is -0.392 e. The van der Waals surface area contributed by atoms with Gasteiger partial charge in [-0.3, -0.25) is 4.90 Å². The molecule has 0 bridgehead atoms. The van der Waals surface area contributed by atoms with Crippen molar-refractivity contribution in [3.05, 3.63) is 35.4 Å². The van der Waals surface area contributed by atoms with Gasteiger partial charge in [0.25, 0.3) is 0 Å². The Kier molecular flexibility index (Phi) is 5.17. The highest BCUT2D eigenvalue weighted by atomic mass is 16.3. The molecule has 18 heavy (non-hydrogen) atoms. The zero-order chi connectivity index (χ0) is 12.8. The number of aliphatic hydroxyl groups excluding tert-OH is 1. The highest BCUT2D eigenvalue weighted by Crippen LogP contribution is 2.15. The summed E-state index contributed by atoms with van der Waals surface area (Å²) in [6.07, 6.45) is 2.66. The molecule has 1 aromatic rings. The molecule has 100 valence electrons. The van der Waals surface area contributed by atoms with E-state index in [4.69, 9.17) is 5.11 Å². The summed E-state index contributed by atoms with van der Waals surface area (Å²) in [6.45, 7) is 6.79. The normalized spacial score (nSPS) is 20.4. The van der Waals surface area contributed by atoms with Crippen molar-refractivity contribution >= 4 is 0 Å². The van der Waals surface area contributed by atoms with Crippen molar-refractivity contribution in [1.29, 1.82) is 0 Å². The van der Waals surface area contributed by atoms with Crippen molar-refractivity contribution in [2.75, 3.05) is 19.6 Å². The van der Waals surface area contributed by atoms with Crippen molar-refractivity contribution in [3.63, 3.8) is 0 Å². The van der Waals surface area contributed by atoms with Gasteiger partial charge in [-0.1, -0.05) is 31.2 Å². The van der Waals surface area contributed by atoms with Crippen LogP contribution < -0.4 is 5.32 Å². The molecule has 1 aromatic carbocycles. The summed E-state index contributed by atoms with van der Waals surface area (Å²) >= 11 is 0. The Labute approximate surface area is 110 Å². The molecule has 1 atom stereocenters. The predicted octanol–water partition coefficient (Wildman–Crippen LogP) is 1.75. The zero-order valence-corrected chi connectivity index (χ0v) is 11.2. The van der Waals surface area contributed by atoms with E-state index in [9.17, 15) is 0 Å². The molecule has 2 N–H and O–H groups in total. The Morgan fingerprint density at radius 1 is 1.28 bits per heavy atom. The van der Waals surface area contributed by atoms with E-state index in [2.05, 4.69) is 29.3 Å². The lowest BCUT2D eigenvalue weighted by atomic mass is 10.1. The van der Waals surface area contributed by atoms with E-state index in [1.165, 1.54) is 24.9 Å². The first-order chi connectivity index (χ1) is 8.83. The van der Waals surface area contributed by atoms with Crippen LogP contribution in [0.25, 0.3) is 0 Å². The van der Waals surface area contributed by atoms with Crippen LogP contribution in [-0.2, 0) is 13.2 Å². The molecule has 3 nitrogen and oxygen atoms in total. The number of rotatable bonds is 6. The first-order valence-electron chi connectivity index (χ1n) is 6.97. The lowest BCUT2D eigenvalue weighted by Gasteiger charge is -2.23. The predicted molar refractivity (Wildman–Crippen MR) is 74.3 cm³/mol. The number of likely N-dealkylation sites (N-methyl/N-ethyl adjacent to an activating group) is 1. The monoisotopic (exact) mass is 248 g/mol. The standard InChI is InChI=1S/C15H24N2O/c1-2-17-9-3-4-15(17)11-16-10-13-5-7-14(12-18)8-6-13/h5-8,15-16,18H,2-4,9-12H2,1H3. The maximum Gasteiger partial charge on any atom is 0.0681 e. The second-order valence-corrected chi connectivity index (χ2v) is 5.03.